The van der Waals surface area contributed by atoms with Gasteiger partial charge >= 0.3 is 0 Å². The van der Waals surface area contributed by atoms with E-state index in [4.69, 9.17) is 13.6 Å². The van der Waals surface area contributed by atoms with E-state index >= 15 is 0 Å². The van der Waals surface area contributed by atoms with E-state index in [1.54, 1.807) is 0 Å². The van der Waals surface area contributed by atoms with Gasteiger partial charge < -0.3 is 13.6 Å². The molecule has 3 nitrogen and oxygen atoms in total. The van der Waals surface area contributed by atoms with Crippen LogP contribution in [0.1, 0.15) is 13.8 Å². The van der Waals surface area contributed by atoms with Crippen LogP contribution in [0.4, 0.5) is 0 Å². The summed E-state index contributed by atoms with van der Waals surface area (Å²) in [5, 5.41) is 2.56. The lowest BCUT2D eigenvalue weighted by Crippen LogP contribution is -2.44. The number of hydrogen-bond donors (Lipinski definition) is 0. The molecule has 136 valence electrons. The molecule has 0 N–H and O–H groups in total. The van der Waals surface area contributed by atoms with Gasteiger partial charge in [0.15, 0.2) is 0 Å². The molecule has 0 atom stereocenters. The third kappa shape index (κ3) is 5.28. The topological polar surface area (TPSA) is 27.7 Å². The summed E-state index contributed by atoms with van der Waals surface area (Å²) in [6.07, 6.45) is 0. The molecule has 2 aromatic carbocycles. The van der Waals surface area contributed by atoms with Crippen molar-refractivity contribution in [1.82, 2.24) is 0 Å². The minimum absolute atomic E-state index is 0.755. The summed E-state index contributed by atoms with van der Waals surface area (Å²) >= 11 is 0. The Morgan fingerprint density at radius 3 is 1.20 bits per heavy atom. The predicted molar refractivity (Wildman–Crippen MR) is 110 cm³/mol. The minimum atomic E-state index is -1.80. The summed E-state index contributed by atoms with van der Waals surface area (Å²) in [5.74, 6) is 1.69. The van der Waals surface area contributed by atoms with E-state index in [-0.39, 0.29) is 0 Å². The highest BCUT2D eigenvalue weighted by Crippen LogP contribution is 2.21. The quantitative estimate of drug-likeness (QED) is 0.642. The Bertz CT molecular complexity index is 605. The Balaban J connectivity index is 2.07. The van der Waals surface area contributed by atoms with E-state index in [1.165, 1.54) is 10.4 Å². The first kappa shape index (κ1) is 19.9. The van der Waals surface area contributed by atoms with Gasteiger partial charge in [0.25, 0.3) is 0 Å². The van der Waals surface area contributed by atoms with Gasteiger partial charge in [0.2, 0.25) is 16.6 Å². The van der Waals surface area contributed by atoms with Crippen molar-refractivity contribution in [1.29, 1.82) is 0 Å². The lowest BCUT2D eigenvalue weighted by Gasteiger charge is -2.23. The molecule has 0 amide bonds. The standard InChI is InChI=1S/C20H30O3Si2/c1-7-21-24(3,4)19-13-9-17(10-14-19)23-18-11-15-20(16-12-18)25(5,6)22-8-2/h9-16H,7-8H2,1-6H3. The molecule has 0 bridgehead atoms. The van der Waals surface area contributed by atoms with Gasteiger partial charge in [-0.1, -0.05) is 24.3 Å². The highest BCUT2D eigenvalue weighted by atomic mass is 28.4. The van der Waals surface area contributed by atoms with Crippen LogP contribution in [0.5, 0.6) is 11.5 Å². The zero-order valence-corrected chi connectivity index (χ0v) is 18.3. The van der Waals surface area contributed by atoms with Crippen molar-refractivity contribution in [2.24, 2.45) is 0 Å². The van der Waals surface area contributed by atoms with Crippen molar-refractivity contribution >= 4 is 27.0 Å². The molecule has 0 aliphatic heterocycles. The van der Waals surface area contributed by atoms with Crippen LogP contribution < -0.4 is 15.1 Å². The Morgan fingerprint density at radius 1 is 0.600 bits per heavy atom. The number of benzene rings is 2. The monoisotopic (exact) mass is 374 g/mol. The van der Waals surface area contributed by atoms with E-state index in [9.17, 15) is 0 Å². The summed E-state index contributed by atoms with van der Waals surface area (Å²) in [5.41, 5.74) is 0. The summed E-state index contributed by atoms with van der Waals surface area (Å²) in [4.78, 5) is 0. The van der Waals surface area contributed by atoms with Crippen LogP contribution in [0.3, 0.4) is 0 Å². The van der Waals surface area contributed by atoms with E-state index in [1.807, 2.05) is 38.1 Å². The lowest BCUT2D eigenvalue weighted by molar-refractivity contribution is 0.338. The van der Waals surface area contributed by atoms with E-state index in [0.29, 0.717) is 0 Å². The molecule has 2 rings (SSSR count). The van der Waals surface area contributed by atoms with Gasteiger partial charge in [0.1, 0.15) is 11.5 Å². The first-order valence-electron chi connectivity index (χ1n) is 8.95. The Morgan fingerprint density at radius 2 is 0.920 bits per heavy atom. The molecule has 0 aromatic heterocycles. The van der Waals surface area contributed by atoms with Crippen molar-refractivity contribution in [3.8, 4) is 11.5 Å². The van der Waals surface area contributed by atoms with Crippen LogP contribution >= 0.6 is 0 Å². The van der Waals surface area contributed by atoms with Crippen molar-refractivity contribution in [2.45, 2.75) is 40.0 Å². The largest absolute Gasteiger partial charge is 0.457 e. The van der Waals surface area contributed by atoms with Crippen molar-refractivity contribution in [2.75, 3.05) is 13.2 Å². The van der Waals surface area contributed by atoms with E-state index in [0.717, 1.165) is 24.7 Å². The molecule has 0 aliphatic rings. The van der Waals surface area contributed by atoms with Crippen LogP contribution in [0, 0.1) is 0 Å². The van der Waals surface area contributed by atoms with Gasteiger partial charge in [-0.25, -0.2) is 0 Å². The second-order valence-electron chi connectivity index (χ2n) is 7.04. The van der Waals surface area contributed by atoms with Crippen LogP contribution in [0.2, 0.25) is 26.2 Å². The summed E-state index contributed by atoms with van der Waals surface area (Å²) in [6.45, 7) is 14.5. The van der Waals surface area contributed by atoms with Crippen molar-refractivity contribution in [3.05, 3.63) is 48.5 Å². The number of rotatable bonds is 8. The molecule has 0 aliphatic carbocycles. The molecule has 0 heterocycles. The SMILES string of the molecule is CCO[Si](C)(C)c1ccc(Oc2ccc([Si](C)(C)OCC)cc2)cc1. The van der Waals surface area contributed by atoms with Gasteiger partial charge in [0, 0.05) is 13.2 Å². The normalized spacial score (nSPS) is 12.2. The molecule has 0 saturated heterocycles. The fraction of sp³-hybridized carbons (Fsp3) is 0.400. The highest BCUT2D eigenvalue weighted by Gasteiger charge is 2.25. The van der Waals surface area contributed by atoms with E-state index in [2.05, 4.69) is 50.5 Å². The second kappa shape index (κ2) is 8.32. The van der Waals surface area contributed by atoms with Gasteiger partial charge in [-0.3, -0.25) is 0 Å². The van der Waals surface area contributed by atoms with Crippen LogP contribution in [0.15, 0.2) is 48.5 Å². The third-order valence-electron chi connectivity index (χ3n) is 4.35. The molecule has 0 saturated carbocycles. The van der Waals surface area contributed by atoms with Gasteiger partial charge in [-0.15, -0.1) is 0 Å². The van der Waals surface area contributed by atoms with Gasteiger partial charge in [0.05, 0.1) is 0 Å². The molecule has 0 radical (unpaired) electrons. The lowest BCUT2D eigenvalue weighted by atomic mass is 10.3. The first-order valence-corrected chi connectivity index (χ1v) is 14.8. The number of hydrogen-bond acceptors (Lipinski definition) is 3. The van der Waals surface area contributed by atoms with Crippen LogP contribution in [-0.2, 0) is 8.85 Å². The fourth-order valence-corrected chi connectivity index (χ4v) is 6.59. The molecule has 0 fully saturated rings. The predicted octanol–water partition coefficient (Wildman–Crippen LogP) is 4.38. The summed E-state index contributed by atoms with van der Waals surface area (Å²) in [6, 6.07) is 16.6. The minimum Gasteiger partial charge on any atom is -0.457 e. The van der Waals surface area contributed by atoms with Crippen LogP contribution in [0.25, 0.3) is 0 Å². The average molecular weight is 375 g/mol. The molecule has 0 spiro atoms. The zero-order chi connectivity index (χ0) is 18.5. The van der Waals surface area contributed by atoms with Gasteiger partial charge in [-0.05, 0) is 74.7 Å². The number of ether oxygens (including phenoxy) is 1. The fourth-order valence-electron chi connectivity index (χ4n) is 2.87. The molecular weight excluding hydrogens is 344 g/mol. The Kier molecular flexibility index (Phi) is 6.62. The summed E-state index contributed by atoms with van der Waals surface area (Å²) < 4.78 is 17.8. The third-order valence-corrected chi connectivity index (χ3v) is 9.81. The Hall–Kier alpha value is -1.41. The first-order chi connectivity index (χ1) is 11.8. The zero-order valence-electron chi connectivity index (χ0n) is 16.3. The highest BCUT2D eigenvalue weighted by molar-refractivity contribution is 6.84. The maximum Gasteiger partial charge on any atom is 0.218 e. The van der Waals surface area contributed by atoms with Crippen molar-refractivity contribution < 1.29 is 13.6 Å². The smallest absolute Gasteiger partial charge is 0.218 e. The molecular formula is C20H30O3Si2. The van der Waals surface area contributed by atoms with Gasteiger partial charge in [-0.2, -0.15) is 0 Å². The average Bonchev–Trinajstić information content (AvgIpc) is 2.56. The molecule has 0 unspecified atom stereocenters. The van der Waals surface area contributed by atoms with Crippen molar-refractivity contribution in [3.63, 3.8) is 0 Å². The Labute approximate surface area is 154 Å². The second-order valence-corrected chi connectivity index (χ2v) is 14.8. The van der Waals surface area contributed by atoms with E-state index < -0.39 is 16.6 Å². The molecule has 5 heteroatoms. The maximum absolute atomic E-state index is 5.98. The molecule has 25 heavy (non-hydrogen) atoms. The maximum atomic E-state index is 5.98. The molecule has 2 aromatic rings. The summed E-state index contributed by atoms with van der Waals surface area (Å²) in [7, 11) is -3.59. The van der Waals surface area contributed by atoms with Crippen LogP contribution in [-0.4, -0.2) is 29.8 Å².